The third-order valence-electron chi connectivity index (χ3n) is 12.2. The molecule has 9 aromatic carbocycles. The van der Waals surface area contributed by atoms with Gasteiger partial charge in [-0.15, -0.1) is 15.3 Å². The number of hydrogen-bond donors (Lipinski definition) is 0. The highest BCUT2D eigenvalue weighted by molar-refractivity contribution is 6.34. The fourth-order valence-corrected chi connectivity index (χ4v) is 9.37. The Morgan fingerprint density at radius 2 is 0.985 bits per heavy atom. The third-order valence-corrected chi connectivity index (χ3v) is 12.8. The van der Waals surface area contributed by atoms with Gasteiger partial charge in [-0.1, -0.05) is 126 Å². The Kier molecular flexibility index (Phi) is 11.5. The van der Waals surface area contributed by atoms with E-state index in [1.54, 1.807) is 80.8 Å². The number of fused-ring (bicyclic) bond motifs is 4. The van der Waals surface area contributed by atoms with E-state index in [-0.39, 0.29) is 40.2 Å². The fourth-order valence-electron chi connectivity index (χ4n) is 8.84. The summed E-state index contributed by atoms with van der Waals surface area (Å²) in [6.07, 6.45) is 0. The molecule has 0 N–H and O–H groups in total. The van der Waals surface area contributed by atoms with Crippen LogP contribution in [0.4, 0.5) is 34.1 Å². The number of rotatable bonds is 10. The first-order valence-electron chi connectivity index (χ1n) is 21.4. The largest absolute Gasteiger partial charge is 0.494 e. The topological polar surface area (TPSA) is 126 Å². The van der Waals surface area contributed by atoms with Gasteiger partial charge in [0.15, 0.2) is 17.3 Å². The van der Waals surface area contributed by atoms with Crippen LogP contribution in [0, 0.1) is 0 Å². The molecule has 0 saturated carbocycles. The van der Waals surface area contributed by atoms with E-state index in [0.29, 0.717) is 60.7 Å². The highest BCUT2D eigenvalue weighted by Gasteiger charge is 2.29. The molecule has 0 fully saturated rings. The quantitative estimate of drug-likeness (QED) is 0.126. The van der Waals surface area contributed by atoms with E-state index in [0.717, 1.165) is 38.1 Å². The van der Waals surface area contributed by atoms with Crippen molar-refractivity contribution in [1.29, 1.82) is 0 Å². The van der Waals surface area contributed by atoms with E-state index >= 15 is 0 Å². The summed E-state index contributed by atoms with van der Waals surface area (Å²) in [5.74, 6) is -0.378. The van der Waals surface area contributed by atoms with Crippen molar-refractivity contribution in [1.82, 2.24) is 0 Å². The Bertz CT molecular complexity index is 3650. The van der Waals surface area contributed by atoms with Gasteiger partial charge < -0.3 is 19.3 Å². The van der Waals surface area contributed by atoms with Gasteiger partial charge in [-0.2, -0.15) is 5.11 Å². The van der Waals surface area contributed by atoms with Gasteiger partial charge in [-0.3, -0.25) is 14.4 Å². The summed E-state index contributed by atoms with van der Waals surface area (Å²) in [7, 11) is 6.30. The van der Waals surface area contributed by atoms with Gasteiger partial charge in [0.1, 0.15) is 11.4 Å². The maximum absolute atomic E-state index is 14.5. The van der Waals surface area contributed by atoms with Gasteiger partial charge >= 0.3 is 0 Å². The van der Waals surface area contributed by atoms with Gasteiger partial charge in [-0.05, 0) is 76.5 Å². The molecule has 2 amide bonds. The van der Waals surface area contributed by atoms with Crippen molar-refractivity contribution in [3.05, 3.63) is 190 Å². The van der Waals surface area contributed by atoms with Crippen LogP contribution in [0.2, 0.25) is 10.0 Å². The second-order valence-electron chi connectivity index (χ2n) is 16.0. The number of nitrogens with zero attached hydrogens (tertiary/aromatic N) is 6. The maximum Gasteiger partial charge on any atom is 0.261 e. The van der Waals surface area contributed by atoms with Gasteiger partial charge in [0.2, 0.25) is 0 Å². The number of hydrogen-bond acceptors (Lipinski definition) is 9. The molecule has 13 heteroatoms. The second-order valence-corrected chi connectivity index (χ2v) is 16.8. The number of azo groups is 2. The minimum absolute atomic E-state index is 0.191. The Labute approximate surface area is 400 Å². The van der Waals surface area contributed by atoms with E-state index in [4.69, 9.17) is 42.9 Å². The van der Waals surface area contributed by atoms with Crippen LogP contribution < -0.4 is 19.3 Å². The Morgan fingerprint density at radius 1 is 0.485 bits per heavy atom. The minimum atomic E-state index is -0.346. The number of halogens is 2. The Balaban J connectivity index is 1.01. The molecule has 0 radical (unpaired) electrons. The van der Waals surface area contributed by atoms with Crippen LogP contribution in [0.3, 0.4) is 0 Å². The minimum Gasteiger partial charge on any atom is -0.494 e. The number of methoxy groups -OCH3 is 2. The average Bonchev–Trinajstić information content (AvgIpc) is 3.37. The molecular formula is C55H38Cl2N6O5. The standard InChI is InChI=1S/C55H38Cl2N6O5/c1-62(46-22-11-9-20-43(46)56)54(65)41-28-31-14-5-7-16-34(31)49(52(41)67-3)60-58-33-24-25-36-37-26-27-45(38-18-13-19-39(48(37)38)51(64)40(36)30-33)59-61-50-35-17-8-6-15-32(35)29-42(53(50)68-4)55(66)63(2)47-23-12-10-21-44(47)57/h5-30H,1-4H3. The number of amides is 2. The van der Waals surface area contributed by atoms with Crippen LogP contribution in [-0.4, -0.2) is 45.9 Å². The summed E-state index contributed by atoms with van der Waals surface area (Å²) in [6.45, 7) is 0. The van der Waals surface area contributed by atoms with Crippen LogP contribution >= 0.6 is 23.2 Å². The molecule has 68 heavy (non-hydrogen) atoms. The molecule has 9 aromatic rings. The molecule has 11 nitrogen and oxygen atoms in total. The second kappa shape index (κ2) is 17.9. The monoisotopic (exact) mass is 932 g/mol. The highest BCUT2D eigenvalue weighted by atomic mass is 35.5. The molecule has 0 bridgehead atoms. The zero-order valence-corrected chi connectivity index (χ0v) is 38.5. The zero-order chi connectivity index (χ0) is 47.2. The third kappa shape index (κ3) is 7.47. The first kappa shape index (κ1) is 43.6. The van der Waals surface area contributed by atoms with Crippen LogP contribution in [-0.2, 0) is 0 Å². The van der Waals surface area contributed by atoms with E-state index in [9.17, 15) is 14.4 Å². The number of ether oxygens (including phenoxy) is 2. The molecule has 332 valence electrons. The Morgan fingerprint density at radius 3 is 1.54 bits per heavy atom. The molecule has 0 atom stereocenters. The van der Waals surface area contributed by atoms with Gasteiger partial charge in [0, 0.05) is 46.8 Å². The summed E-state index contributed by atoms with van der Waals surface area (Å²) in [5, 5.41) is 24.2. The molecule has 0 aromatic heterocycles. The molecule has 1 aliphatic carbocycles. The van der Waals surface area contributed by atoms with Crippen LogP contribution in [0.15, 0.2) is 178 Å². The van der Waals surface area contributed by atoms with Gasteiger partial charge in [-0.25, -0.2) is 0 Å². The van der Waals surface area contributed by atoms with Gasteiger partial charge in [0.05, 0.1) is 58.1 Å². The van der Waals surface area contributed by atoms with E-state index in [2.05, 4.69) is 10.2 Å². The lowest BCUT2D eigenvalue weighted by Gasteiger charge is -2.21. The summed E-state index contributed by atoms with van der Waals surface area (Å²) in [6, 6.07) is 47.6. The van der Waals surface area contributed by atoms with Crippen molar-refractivity contribution in [3.8, 4) is 22.6 Å². The van der Waals surface area contributed by atoms with Crippen molar-refractivity contribution >= 4 is 107 Å². The van der Waals surface area contributed by atoms with Crippen LogP contribution in [0.5, 0.6) is 11.5 Å². The first-order valence-corrected chi connectivity index (χ1v) is 22.2. The predicted octanol–water partition coefficient (Wildman–Crippen LogP) is 15.1. The molecule has 10 rings (SSSR count). The van der Waals surface area contributed by atoms with Crippen molar-refractivity contribution in [2.45, 2.75) is 0 Å². The molecule has 0 unspecified atom stereocenters. The van der Waals surface area contributed by atoms with E-state index in [1.165, 1.54) is 24.0 Å². The number of para-hydroxylation sites is 2. The molecule has 0 heterocycles. The molecular weight excluding hydrogens is 896 g/mol. The van der Waals surface area contributed by atoms with Crippen LogP contribution in [0.25, 0.3) is 43.4 Å². The number of anilines is 2. The summed E-state index contributed by atoms with van der Waals surface area (Å²) >= 11 is 13.0. The zero-order valence-electron chi connectivity index (χ0n) is 37.0. The molecule has 0 spiro atoms. The van der Waals surface area contributed by atoms with Gasteiger partial charge in [0.25, 0.3) is 11.8 Å². The smallest absolute Gasteiger partial charge is 0.261 e. The molecule has 1 aliphatic rings. The highest BCUT2D eigenvalue weighted by Crippen LogP contribution is 2.47. The van der Waals surface area contributed by atoms with E-state index < -0.39 is 0 Å². The van der Waals surface area contributed by atoms with E-state index in [1.807, 2.05) is 91.0 Å². The molecule has 0 saturated heterocycles. The maximum atomic E-state index is 14.5. The number of carbonyl (C=O) groups is 3. The van der Waals surface area contributed by atoms with Crippen molar-refractivity contribution in [2.24, 2.45) is 20.5 Å². The predicted molar refractivity (Wildman–Crippen MR) is 271 cm³/mol. The number of benzene rings is 9. The summed E-state index contributed by atoms with van der Waals surface area (Å²) in [5.41, 5.74) is 5.84. The summed E-state index contributed by atoms with van der Waals surface area (Å²) in [4.78, 5) is 45.6. The lowest BCUT2D eigenvalue weighted by molar-refractivity contribution is 0.0982. The number of carbonyl (C=O) groups excluding carboxylic acids is 3. The lowest BCUT2D eigenvalue weighted by Crippen LogP contribution is -2.27. The number of ketones is 1. The SMILES string of the molecule is COc1c(C(=O)N(C)c2ccccc2Cl)cc2ccccc2c1N=Nc1ccc2c(c1)C(=O)c1cccc3c(N=Nc4c(OC)c(C(=O)N(C)c5ccccc5Cl)cc5ccccc45)ccc-2c13. The lowest BCUT2D eigenvalue weighted by atomic mass is 9.82. The van der Waals surface area contributed by atoms with Crippen molar-refractivity contribution < 1.29 is 23.9 Å². The fraction of sp³-hybridized carbons (Fsp3) is 0.0727. The average molecular weight is 934 g/mol. The summed E-state index contributed by atoms with van der Waals surface area (Å²) < 4.78 is 11.8. The Hall–Kier alpha value is -8.25. The normalized spacial score (nSPS) is 12.0. The first-order chi connectivity index (χ1) is 33.1. The van der Waals surface area contributed by atoms with Crippen molar-refractivity contribution in [2.75, 3.05) is 38.1 Å². The van der Waals surface area contributed by atoms with Crippen molar-refractivity contribution in [3.63, 3.8) is 0 Å². The van der Waals surface area contributed by atoms with Crippen LogP contribution in [0.1, 0.15) is 36.6 Å². The molecule has 0 aliphatic heterocycles.